The van der Waals surface area contributed by atoms with Crippen LogP contribution >= 0.6 is 0 Å². The van der Waals surface area contributed by atoms with Crippen LogP contribution in [-0.2, 0) is 0 Å². The van der Waals surface area contributed by atoms with E-state index in [1.165, 1.54) is 6.08 Å². The molecule has 3 nitrogen and oxygen atoms in total. The minimum absolute atomic E-state index is 1.43. The van der Waals surface area contributed by atoms with Gasteiger partial charge in [-0.3, -0.25) is 4.99 Å². The maximum absolute atomic E-state index is 7.73. The number of hydrogen-bond acceptors (Lipinski definition) is 2. The molecule has 106 valence electrons. The van der Waals surface area contributed by atoms with Crippen molar-refractivity contribution in [1.82, 2.24) is 4.90 Å². The summed E-state index contributed by atoms with van der Waals surface area (Å²) in [5.41, 5.74) is 0. The topological polar surface area (TPSA) is 39.4 Å². The molecular weight excluding hydrogens is 234 g/mol. The second-order valence-electron chi connectivity index (χ2n) is 3.12. The molecule has 0 N–H and O–H groups in total. The van der Waals surface area contributed by atoms with Crippen LogP contribution < -0.4 is 0 Å². The van der Waals surface area contributed by atoms with E-state index in [1.807, 2.05) is 82.2 Å². The molecular formula is C16H27N3. The van der Waals surface area contributed by atoms with Crippen LogP contribution in [0.2, 0.25) is 0 Å². The van der Waals surface area contributed by atoms with Crippen LogP contribution in [0.1, 0.15) is 20.8 Å². The van der Waals surface area contributed by atoms with E-state index in [0.717, 1.165) is 0 Å². The molecule has 1 aromatic rings. The zero-order valence-corrected chi connectivity index (χ0v) is 13.0. The molecule has 0 saturated heterocycles. The molecule has 0 saturated carbocycles. The van der Waals surface area contributed by atoms with Gasteiger partial charge in [-0.05, 0) is 6.92 Å². The summed E-state index contributed by atoms with van der Waals surface area (Å²) in [6.45, 7) is 5.81. The summed E-state index contributed by atoms with van der Waals surface area (Å²) < 4.78 is 0. The summed E-state index contributed by atoms with van der Waals surface area (Å²) in [7, 11) is 5.62. The first-order chi connectivity index (χ1) is 9.18. The highest BCUT2D eigenvalue weighted by Gasteiger charge is 1.67. The van der Waals surface area contributed by atoms with Crippen LogP contribution in [0.4, 0.5) is 0 Å². The third kappa shape index (κ3) is 38.8. The van der Waals surface area contributed by atoms with Crippen molar-refractivity contribution in [2.75, 3.05) is 21.1 Å². The highest BCUT2D eigenvalue weighted by atomic mass is 15.1. The molecule has 0 aliphatic carbocycles. The summed E-state index contributed by atoms with van der Waals surface area (Å²) in [6, 6.07) is 13.8. The van der Waals surface area contributed by atoms with Gasteiger partial charge in [0, 0.05) is 27.2 Å². The Bertz CT molecular complexity index is 295. The fraction of sp³-hybridized carbons (Fsp3) is 0.375. The van der Waals surface area contributed by atoms with Gasteiger partial charge < -0.3 is 4.90 Å². The van der Waals surface area contributed by atoms with Gasteiger partial charge >= 0.3 is 0 Å². The number of aliphatic imine (C=N–C) groups is 1. The summed E-state index contributed by atoms with van der Waals surface area (Å²) in [4.78, 5) is 5.62. The molecule has 0 bridgehead atoms. The molecule has 0 aromatic heterocycles. The maximum Gasteiger partial charge on any atom is 0.0908 e. The minimum atomic E-state index is 1.43. The van der Waals surface area contributed by atoms with Gasteiger partial charge in [0.25, 0.3) is 0 Å². The van der Waals surface area contributed by atoms with E-state index in [4.69, 9.17) is 5.26 Å². The standard InChI is InChI=1S/C6H6.C4H10N2.C4H5N.C2H6/c1-2-4-6-5-3-1;1-5-4-6(2)3;1-2-3-4-5;1-2/h1-6H;4H,1-3H3;2-3H,1H3;1-2H3. The average Bonchev–Trinajstić information content (AvgIpc) is 2.45. The Labute approximate surface area is 118 Å². The van der Waals surface area contributed by atoms with Gasteiger partial charge in [-0.25, -0.2) is 0 Å². The monoisotopic (exact) mass is 261 g/mol. The van der Waals surface area contributed by atoms with Crippen molar-refractivity contribution in [3.63, 3.8) is 0 Å². The molecule has 0 spiro atoms. The summed E-state index contributed by atoms with van der Waals surface area (Å²) in [6.07, 6.45) is 4.88. The fourth-order valence-electron chi connectivity index (χ4n) is 0.690. The van der Waals surface area contributed by atoms with Gasteiger partial charge in [0.05, 0.1) is 12.4 Å². The number of allylic oxidation sites excluding steroid dienone is 2. The SMILES string of the molecule is CC.CC=CC#N.CN=CN(C)C.c1ccccc1. The first kappa shape index (κ1) is 22.1. The minimum Gasteiger partial charge on any atom is -0.369 e. The smallest absolute Gasteiger partial charge is 0.0908 e. The van der Waals surface area contributed by atoms with E-state index in [-0.39, 0.29) is 0 Å². The third-order valence-electron chi connectivity index (χ3n) is 1.25. The zero-order valence-electron chi connectivity index (χ0n) is 13.0. The van der Waals surface area contributed by atoms with Crippen LogP contribution in [0.3, 0.4) is 0 Å². The molecule has 0 aliphatic heterocycles. The van der Waals surface area contributed by atoms with Crippen LogP contribution in [-0.4, -0.2) is 32.4 Å². The van der Waals surface area contributed by atoms with E-state index in [2.05, 4.69) is 4.99 Å². The lowest BCUT2D eigenvalue weighted by Gasteiger charge is -1.98. The number of rotatable bonds is 1. The molecule has 0 amide bonds. The molecule has 0 aliphatic rings. The van der Waals surface area contributed by atoms with Crippen LogP contribution in [0.25, 0.3) is 0 Å². The van der Waals surface area contributed by atoms with Crippen LogP contribution in [0, 0.1) is 11.3 Å². The molecule has 0 fully saturated rings. The van der Waals surface area contributed by atoms with Crippen molar-refractivity contribution in [1.29, 1.82) is 5.26 Å². The van der Waals surface area contributed by atoms with Crippen molar-refractivity contribution in [3.8, 4) is 6.07 Å². The van der Waals surface area contributed by atoms with Gasteiger partial charge in [-0.1, -0.05) is 56.3 Å². The van der Waals surface area contributed by atoms with Crippen molar-refractivity contribution < 1.29 is 0 Å². The first-order valence-corrected chi connectivity index (χ1v) is 6.28. The fourth-order valence-corrected chi connectivity index (χ4v) is 0.690. The molecule has 19 heavy (non-hydrogen) atoms. The highest BCUT2D eigenvalue weighted by Crippen LogP contribution is 1.79. The van der Waals surface area contributed by atoms with Crippen molar-refractivity contribution >= 4 is 6.34 Å². The Morgan fingerprint density at radius 1 is 1.00 bits per heavy atom. The molecule has 0 unspecified atom stereocenters. The Morgan fingerprint density at radius 3 is 1.42 bits per heavy atom. The van der Waals surface area contributed by atoms with E-state index >= 15 is 0 Å². The quantitative estimate of drug-likeness (QED) is 0.435. The van der Waals surface area contributed by atoms with Crippen molar-refractivity contribution in [3.05, 3.63) is 48.6 Å². The highest BCUT2D eigenvalue weighted by molar-refractivity contribution is 5.53. The second kappa shape index (κ2) is 24.9. The summed E-state index contributed by atoms with van der Waals surface area (Å²) >= 11 is 0. The second-order valence-corrected chi connectivity index (χ2v) is 3.12. The van der Waals surface area contributed by atoms with Crippen molar-refractivity contribution in [2.24, 2.45) is 4.99 Å². The predicted molar refractivity (Wildman–Crippen MR) is 86.3 cm³/mol. The number of nitriles is 1. The van der Waals surface area contributed by atoms with Crippen molar-refractivity contribution in [2.45, 2.75) is 20.8 Å². The van der Waals surface area contributed by atoms with Gasteiger partial charge in [0.15, 0.2) is 0 Å². The molecule has 0 heterocycles. The maximum atomic E-state index is 7.73. The first-order valence-electron chi connectivity index (χ1n) is 6.28. The van der Waals surface area contributed by atoms with Crippen LogP contribution in [0.5, 0.6) is 0 Å². The Morgan fingerprint density at radius 2 is 1.37 bits per heavy atom. The molecule has 0 radical (unpaired) electrons. The predicted octanol–water partition coefficient (Wildman–Crippen LogP) is 4.00. The Kier molecular flexibility index (Phi) is 29.1. The van der Waals surface area contributed by atoms with Gasteiger partial charge in [-0.15, -0.1) is 0 Å². The Balaban J connectivity index is -0.000000191. The lowest BCUT2D eigenvalue weighted by molar-refractivity contribution is 0.642. The molecule has 1 aromatic carbocycles. The van der Waals surface area contributed by atoms with Gasteiger partial charge in [0.1, 0.15) is 0 Å². The van der Waals surface area contributed by atoms with Gasteiger partial charge in [-0.2, -0.15) is 5.26 Å². The largest absolute Gasteiger partial charge is 0.369 e. The van der Waals surface area contributed by atoms with E-state index in [1.54, 1.807) is 19.5 Å². The molecule has 0 atom stereocenters. The number of hydrogen-bond donors (Lipinski definition) is 0. The van der Waals surface area contributed by atoms with E-state index < -0.39 is 0 Å². The summed E-state index contributed by atoms with van der Waals surface area (Å²) in [5.74, 6) is 0. The lowest BCUT2D eigenvalue weighted by Crippen LogP contribution is -2.06. The van der Waals surface area contributed by atoms with Gasteiger partial charge in [0.2, 0.25) is 0 Å². The Hall–Kier alpha value is -2.08. The average molecular weight is 261 g/mol. The van der Waals surface area contributed by atoms with Crippen LogP contribution in [0.15, 0.2) is 53.5 Å². The molecule has 3 heteroatoms. The molecule has 1 rings (SSSR count). The number of benzene rings is 1. The lowest BCUT2D eigenvalue weighted by atomic mass is 10.4. The third-order valence-corrected chi connectivity index (χ3v) is 1.25. The number of nitrogens with zero attached hydrogens (tertiary/aromatic N) is 3. The zero-order chi connectivity index (χ0) is 15.4. The summed E-state index contributed by atoms with van der Waals surface area (Å²) in [5, 5.41) is 7.73. The normalized spacial score (nSPS) is 8.05. The van der Waals surface area contributed by atoms with E-state index in [0.29, 0.717) is 0 Å². The van der Waals surface area contributed by atoms with E-state index in [9.17, 15) is 0 Å².